The molecule has 2 aromatic rings. The lowest BCUT2D eigenvalue weighted by atomic mass is 9.98. The summed E-state index contributed by atoms with van der Waals surface area (Å²) >= 11 is 5.74. The van der Waals surface area contributed by atoms with Crippen molar-refractivity contribution in [1.29, 1.82) is 0 Å². The van der Waals surface area contributed by atoms with E-state index >= 15 is 0 Å². The molecule has 1 unspecified atom stereocenters. The predicted octanol–water partition coefficient (Wildman–Crippen LogP) is 4.13. The molecule has 0 bridgehead atoms. The van der Waals surface area contributed by atoms with Gasteiger partial charge >= 0.3 is 0 Å². The molecule has 2 aromatic carbocycles. The van der Waals surface area contributed by atoms with E-state index in [0.717, 1.165) is 5.56 Å². The number of halogens is 3. The van der Waals surface area contributed by atoms with Crippen LogP contribution in [0.4, 0.5) is 8.78 Å². The van der Waals surface area contributed by atoms with E-state index in [-0.39, 0.29) is 17.6 Å². The standard InChI is InChI=1S/C16H16ClF2NO/c1-20-15(8-10-3-5-12(17)9-13(10)18)11-4-6-16(21-2)14(19)7-11/h3-7,9,15,20H,8H2,1-2H3. The first-order valence-corrected chi connectivity index (χ1v) is 6.87. The summed E-state index contributed by atoms with van der Waals surface area (Å²) in [6.45, 7) is 0. The number of nitrogens with one attached hydrogen (secondary N) is 1. The Morgan fingerprint density at radius 3 is 2.48 bits per heavy atom. The van der Waals surface area contributed by atoms with Crippen LogP contribution < -0.4 is 10.1 Å². The summed E-state index contributed by atoms with van der Waals surface area (Å²) < 4.78 is 32.5. The molecule has 2 rings (SSSR count). The quantitative estimate of drug-likeness (QED) is 0.896. The molecular weight excluding hydrogens is 296 g/mol. The molecule has 5 heteroatoms. The van der Waals surface area contributed by atoms with Crippen LogP contribution in [0.15, 0.2) is 36.4 Å². The Morgan fingerprint density at radius 1 is 1.14 bits per heavy atom. The van der Waals surface area contributed by atoms with Crippen LogP contribution >= 0.6 is 11.6 Å². The molecule has 0 aliphatic carbocycles. The van der Waals surface area contributed by atoms with Crippen LogP contribution in [-0.2, 0) is 6.42 Å². The first kappa shape index (κ1) is 15.7. The second kappa shape index (κ2) is 6.87. The van der Waals surface area contributed by atoms with Gasteiger partial charge in [-0.2, -0.15) is 0 Å². The highest BCUT2D eigenvalue weighted by Crippen LogP contribution is 2.25. The summed E-state index contributed by atoms with van der Waals surface area (Å²) in [4.78, 5) is 0. The van der Waals surface area contributed by atoms with Gasteiger partial charge in [0.05, 0.1) is 7.11 Å². The van der Waals surface area contributed by atoms with Crippen molar-refractivity contribution in [2.75, 3.05) is 14.2 Å². The monoisotopic (exact) mass is 311 g/mol. The number of rotatable bonds is 5. The van der Waals surface area contributed by atoms with Crippen molar-refractivity contribution in [2.24, 2.45) is 0 Å². The van der Waals surface area contributed by atoms with Crippen LogP contribution in [0.2, 0.25) is 5.02 Å². The zero-order valence-electron chi connectivity index (χ0n) is 11.8. The van der Waals surface area contributed by atoms with Crippen LogP contribution in [0.25, 0.3) is 0 Å². The molecule has 0 heterocycles. The third-order valence-corrected chi connectivity index (χ3v) is 3.60. The number of ether oxygens (including phenoxy) is 1. The van der Waals surface area contributed by atoms with Crippen molar-refractivity contribution in [3.8, 4) is 5.75 Å². The van der Waals surface area contributed by atoms with E-state index in [1.54, 1.807) is 31.3 Å². The van der Waals surface area contributed by atoms with E-state index in [1.807, 2.05) is 0 Å². The lowest BCUT2D eigenvalue weighted by Crippen LogP contribution is -2.19. The van der Waals surface area contributed by atoms with Gasteiger partial charge in [0.1, 0.15) is 5.82 Å². The van der Waals surface area contributed by atoms with Crippen molar-refractivity contribution in [3.05, 3.63) is 64.2 Å². The molecule has 0 aliphatic rings. The Morgan fingerprint density at radius 2 is 1.90 bits per heavy atom. The molecule has 112 valence electrons. The molecule has 0 fully saturated rings. The van der Waals surface area contributed by atoms with Gasteiger partial charge in [0.15, 0.2) is 11.6 Å². The molecule has 0 amide bonds. The van der Waals surface area contributed by atoms with Crippen molar-refractivity contribution >= 4 is 11.6 Å². The maximum Gasteiger partial charge on any atom is 0.165 e. The molecule has 21 heavy (non-hydrogen) atoms. The largest absolute Gasteiger partial charge is 0.494 e. The van der Waals surface area contributed by atoms with E-state index in [4.69, 9.17) is 16.3 Å². The number of benzene rings is 2. The van der Waals surface area contributed by atoms with Crippen LogP contribution in [0.5, 0.6) is 5.75 Å². The highest BCUT2D eigenvalue weighted by Gasteiger charge is 2.15. The molecule has 0 aromatic heterocycles. The zero-order valence-corrected chi connectivity index (χ0v) is 12.5. The molecule has 0 saturated carbocycles. The molecule has 0 spiro atoms. The smallest absolute Gasteiger partial charge is 0.165 e. The predicted molar refractivity (Wildman–Crippen MR) is 79.9 cm³/mol. The van der Waals surface area contributed by atoms with E-state index in [0.29, 0.717) is 17.0 Å². The van der Waals surface area contributed by atoms with E-state index in [1.165, 1.54) is 19.2 Å². The summed E-state index contributed by atoms with van der Waals surface area (Å²) in [7, 11) is 3.16. The van der Waals surface area contributed by atoms with E-state index < -0.39 is 5.82 Å². The van der Waals surface area contributed by atoms with Crippen LogP contribution in [0.3, 0.4) is 0 Å². The highest BCUT2D eigenvalue weighted by atomic mass is 35.5. The Kier molecular flexibility index (Phi) is 5.15. The van der Waals surface area contributed by atoms with Gasteiger partial charge in [-0.1, -0.05) is 23.7 Å². The van der Waals surface area contributed by atoms with Gasteiger partial charge in [-0.25, -0.2) is 8.78 Å². The fourth-order valence-corrected chi connectivity index (χ4v) is 2.35. The first-order chi connectivity index (χ1) is 10.0. The average Bonchev–Trinajstić information content (AvgIpc) is 2.46. The molecule has 2 nitrogen and oxygen atoms in total. The third-order valence-electron chi connectivity index (χ3n) is 3.37. The first-order valence-electron chi connectivity index (χ1n) is 6.49. The number of hydrogen-bond donors (Lipinski definition) is 1. The van der Waals surface area contributed by atoms with Gasteiger partial charge in [0.25, 0.3) is 0 Å². The summed E-state index contributed by atoms with van der Waals surface area (Å²) in [5, 5.41) is 3.42. The second-order valence-electron chi connectivity index (χ2n) is 4.68. The lowest BCUT2D eigenvalue weighted by molar-refractivity contribution is 0.385. The maximum atomic E-state index is 13.9. The molecule has 0 aliphatic heterocycles. The molecule has 0 radical (unpaired) electrons. The SMILES string of the molecule is CNC(Cc1ccc(Cl)cc1F)c1ccc(OC)c(F)c1. The van der Waals surface area contributed by atoms with Crippen LogP contribution in [0.1, 0.15) is 17.2 Å². The molecule has 0 saturated heterocycles. The minimum atomic E-state index is -0.438. The van der Waals surface area contributed by atoms with Gasteiger partial charge in [-0.05, 0) is 48.9 Å². The maximum absolute atomic E-state index is 13.9. The summed E-state index contributed by atoms with van der Waals surface area (Å²) in [6, 6.07) is 9.07. The normalized spacial score (nSPS) is 12.2. The second-order valence-corrected chi connectivity index (χ2v) is 5.11. The van der Waals surface area contributed by atoms with Crippen LogP contribution in [0, 0.1) is 11.6 Å². The average molecular weight is 312 g/mol. The van der Waals surface area contributed by atoms with Gasteiger partial charge in [0, 0.05) is 11.1 Å². The topological polar surface area (TPSA) is 21.3 Å². The summed E-state index contributed by atoms with van der Waals surface area (Å²) in [5.41, 5.74) is 1.25. The number of likely N-dealkylation sites (N-methyl/N-ethyl adjacent to an activating group) is 1. The summed E-state index contributed by atoms with van der Waals surface area (Å²) in [6.07, 6.45) is 0.394. The Hall–Kier alpha value is -1.65. The molecule has 1 N–H and O–H groups in total. The zero-order chi connectivity index (χ0) is 15.4. The lowest BCUT2D eigenvalue weighted by Gasteiger charge is -2.18. The highest BCUT2D eigenvalue weighted by molar-refractivity contribution is 6.30. The number of methoxy groups -OCH3 is 1. The van der Waals surface area contributed by atoms with E-state index in [2.05, 4.69) is 5.32 Å². The van der Waals surface area contributed by atoms with Crippen LogP contribution in [-0.4, -0.2) is 14.2 Å². The summed E-state index contributed by atoms with van der Waals surface area (Å²) in [5.74, 6) is -0.616. The Balaban J connectivity index is 2.25. The van der Waals surface area contributed by atoms with Crippen molar-refractivity contribution < 1.29 is 13.5 Å². The Bertz CT molecular complexity index is 634. The molecule has 1 atom stereocenters. The number of hydrogen-bond acceptors (Lipinski definition) is 2. The Labute approximate surface area is 127 Å². The van der Waals surface area contributed by atoms with Gasteiger partial charge in [-0.3, -0.25) is 0 Å². The minimum absolute atomic E-state index is 0.186. The van der Waals surface area contributed by atoms with E-state index in [9.17, 15) is 8.78 Å². The van der Waals surface area contributed by atoms with Gasteiger partial charge in [0.2, 0.25) is 0 Å². The van der Waals surface area contributed by atoms with Crippen molar-refractivity contribution in [2.45, 2.75) is 12.5 Å². The van der Waals surface area contributed by atoms with Crippen molar-refractivity contribution in [1.82, 2.24) is 5.32 Å². The molecular formula is C16H16ClF2NO. The van der Waals surface area contributed by atoms with Gasteiger partial charge in [-0.15, -0.1) is 0 Å². The third kappa shape index (κ3) is 3.71. The fourth-order valence-electron chi connectivity index (χ4n) is 2.19. The van der Waals surface area contributed by atoms with Crippen molar-refractivity contribution in [3.63, 3.8) is 0 Å². The minimum Gasteiger partial charge on any atom is -0.494 e. The fraction of sp³-hybridized carbons (Fsp3) is 0.250. The van der Waals surface area contributed by atoms with Gasteiger partial charge < -0.3 is 10.1 Å².